The first kappa shape index (κ1) is 30.6. The second-order valence-electron chi connectivity index (χ2n) is 13.3. The molecule has 44 heavy (non-hydrogen) atoms. The number of amides is 1. The molecule has 238 valence electrons. The number of carbonyl (C=O) groups is 2. The molecule has 7 rings (SSSR count). The number of para-hydroxylation sites is 1. The Balaban J connectivity index is 1.30. The Morgan fingerprint density at radius 2 is 1.98 bits per heavy atom. The highest BCUT2D eigenvalue weighted by Gasteiger charge is 2.57. The number of aromatic carboxylic acids is 1. The fourth-order valence-corrected chi connectivity index (χ4v) is 8.15. The minimum Gasteiger partial charge on any atom is -0.496 e. The normalized spacial score (nSPS) is 30.8. The molecule has 2 aliphatic heterocycles. The zero-order valence-electron chi connectivity index (χ0n) is 25.8. The molecule has 0 spiro atoms. The van der Waals surface area contributed by atoms with Gasteiger partial charge < -0.3 is 34.8 Å². The molecule has 11 heteroatoms. The molecule has 0 radical (unpaired) electrons. The topological polar surface area (TPSA) is 147 Å². The van der Waals surface area contributed by atoms with Gasteiger partial charge in [-0.15, -0.1) is 0 Å². The van der Waals surface area contributed by atoms with Gasteiger partial charge >= 0.3 is 5.97 Å². The van der Waals surface area contributed by atoms with E-state index in [1.165, 1.54) is 24.7 Å². The number of fused-ring (bicyclic) bond motifs is 3. The molecule has 2 aromatic rings. The lowest BCUT2D eigenvalue weighted by Gasteiger charge is -2.62. The first-order valence-corrected chi connectivity index (χ1v) is 15.3. The molecule has 3 aliphatic carbocycles. The number of ether oxygens (including phenoxy) is 3. The van der Waals surface area contributed by atoms with Gasteiger partial charge in [0.25, 0.3) is 0 Å². The van der Waals surface area contributed by atoms with E-state index in [0.717, 1.165) is 6.42 Å². The van der Waals surface area contributed by atoms with Crippen LogP contribution < -0.4 is 19.5 Å². The summed E-state index contributed by atoms with van der Waals surface area (Å²) in [6.07, 6.45) is 0.412. The summed E-state index contributed by atoms with van der Waals surface area (Å²) < 4.78 is 16.7. The Morgan fingerprint density at radius 3 is 2.61 bits per heavy atom. The van der Waals surface area contributed by atoms with Crippen molar-refractivity contribution in [2.24, 2.45) is 29.1 Å². The Bertz CT molecular complexity index is 1440. The molecular weight excluding hydrogens is 568 g/mol. The van der Waals surface area contributed by atoms with Crippen LogP contribution in [0.1, 0.15) is 56.5 Å². The Labute approximate surface area is 257 Å². The summed E-state index contributed by atoms with van der Waals surface area (Å²) in [5.41, 5.74) is 2.11. The zero-order chi connectivity index (χ0) is 31.5. The highest BCUT2D eigenvalue weighted by atomic mass is 16.7. The second kappa shape index (κ2) is 11.5. The minimum absolute atomic E-state index is 0.0226. The third-order valence-corrected chi connectivity index (χ3v) is 10.7. The number of benzene rings is 2. The van der Waals surface area contributed by atoms with E-state index >= 15 is 0 Å². The standard InChI is InChI=1S/C33H42N2O9/c1-16-23-11-20(33(23,3)4)12-24(16)34-31(38)28-27(17(2)37)26(14-36)44-35(28)13-18-7-6-8-21(29(18)41-5)19-9-22(32(39)40)30-25(10-19)42-15-43-30/h6-10,16-17,20,23-24,26-28,36-37H,11-15H2,1-5H3,(H,34,38)(H,39,40)/t16-,17-,20-,23+,24-,26-,27+,28-/m0/s1. The molecule has 3 saturated carbocycles. The number of nitrogens with one attached hydrogen (secondary N) is 1. The third kappa shape index (κ3) is 4.99. The smallest absolute Gasteiger partial charge is 0.339 e. The summed E-state index contributed by atoms with van der Waals surface area (Å²) in [5.74, 6) is 0.370. The van der Waals surface area contributed by atoms with Crippen LogP contribution in [0.25, 0.3) is 11.1 Å². The van der Waals surface area contributed by atoms with Crippen molar-refractivity contribution in [3.63, 3.8) is 0 Å². The van der Waals surface area contributed by atoms with Gasteiger partial charge in [0.1, 0.15) is 23.5 Å². The van der Waals surface area contributed by atoms with E-state index in [0.29, 0.717) is 45.9 Å². The fraction of sp³-hybridized carbons (Fsp3) is 0.576. The predicted octanol–water partition coefficient (Wildman–Crippen LogP) is 3.45. The third-order valence-electron chi connectivity index (χ3n) is 10.7. The van der Waals surface area contributed by atoms with Gasteiger partial charge in [-0.2, -0.15) is 5.06 Å². The van der Waals surface area contributed by atoms with Crippen molar-refractivity contribution in [3.05, 3.63) is 41.5 Å². The maximum atomic E-state index is 14.0. The van der Waals surface area contributed by atoms with E-state index in [1.807, 2.05) is 18.2 Å². The van der Waals surface area contributed by atoms with Gasteiger partial charge in [0, 0.05) is 23.1 Å². The van der Waals surface area contributed by atoms with Crippen LogP contribution >= 0.6 is 0 Å². The summed E-state index contributed by atoms with van der Waals surface area (Å²) in [4.78, 5) is 32.2. The number of aliphatic hydroxyl groups excluding tert-OH is 2. The van der Waals surface area contributed by atoms with Crippen molar-refractivity contribution in [2.45, 2.75) is 71.4 Å². The monoisotopic (exact) mass is 610 g/mol. The van der Waals surface area contributed by atoms with Crippen molar-refractivity contribution in [1.82, 2.24) is 10.4 Å². The number of aliphatic hydroxyl groups is 2. The summed E-state index contributed by atoms with van der Waals surface area (Å²) in [6, 6.07) is 7.86. The average Bonchev–Trinajstić information content (AvgIpc) is 3.61. The van der Waals surface area contributed by atoms with Crippen molar-refractivity contribution >= 4 is 11.9 Å². The van der Waals surface area contributed by atoms with Crippen molar-refractivity contribution in [3.8, 4) is 28.4 Å². The van der Waals surface area contributed by atoms with Crippen LogP contribution in [0.4, 0.5) is 0 Å². The molecule has 4 fully saturated rings. The Kier molecular flexibility index (Phi) is 8.02. The number of hydrogen-bond acceptors (Lipinski definition) is 9. The summed E-state index contributed by atoms with van der Waals surface area (Å²) in [6.45, 7) is 8.14. The maximum absolute atomic E-state index is 14.0. The van der Waals surface area contributed by atoms with Crippen LogP contribution in [0, 0.1) is 29.1 Å². The van der Waals surface area contributed by atoms with Gasteiger partial charge in [0.2, 0.25) is 12.7 Å². The molecule has 8 atom stereocenters. The minimum atomic E-state index is -1.14. The van der Waals surface area contributed by atoms with Crippen LogP contribution in [0.5, 0.6) is 17.2 Å². The number of rotatable bonds is 9. The zero-order valence-corrected chi connectivity index (χ0v) is 25.8. The predicted molar refractivity (Wildman–Crippen MR) is 159 cm³/mol. The van der Waals surface area contributed by atoms with Crippen LogP contribution in [0.2, 0.25) is 0 Å². The number of carboxylic acids is 1. The van der Waals surface area contributed by atoms with Crippen LogP contribution in [0.3, 0.4) is 0 Å². The van der Waals surface area contributed by atoms with Gasteiger partial charge in [0.15, 0.2) is 11.5 Å². The van der Waals surface area contributed by atoms with E-state index in [4.69, 9.17) is 19.0 Å². The van der Waals surface area contributed by atoms with Crippen LogP contribution in [-0.2, 0) is 16.2 Å². The highest BCUT2D eigenvalue weighted by molar-refractivity contribution is 5.95. The van der Waals surface area contributed by atoms with Crippen molar-refractivity contribution < 1.29 is 44.0 Å². The largest absolute Gasteiger partial charge is 0.496 e. The van der Waals surface area contributed by atoms with Gasteiger partial charge in [-0.25, -0.2) is 4.79 Å². The molecule has 11 nitrogen and oxygen atoms in total. The van der Waals surface area contributed by atoms with E-state index in [-0.39, 0.29) is 48.6 Å². The highest BCUT2D eigenvalue weighted by Crippen LogP contribution is 2.61. The second-order valence-corrected chi connectivity index (χ2v) is 13.3. The molecule has 2 heterocycles. The molecular formula is C33H42N2O9. The van der Waals surface area contributed by atoms with E-state index in [9.17, 15) is 24.9 Å². The Hall–Kier alpha value is -3.38. The number of methoxy groups -OCH3 is 1. The first-order chi connectivity index (χ1) is 21.0. The van der Waals surface area contributed by atoms with Gasteiger partial charge in [0.05, 0.1) is 26.4 Å². The molecule has 1 amide bonds. The maximum Gasteiger partial charge on any atom is 0.339 e. The molecule has 1 saturated heterocycles. The van der Waals surface area contributed by atoms with Crippen molar-refractivity contribution in [1.29, 1.82) is 0 Å². The number of nitrogens with zero attached hydrogens (tertiary/aromatic N) is 1. The lowest BCUT2D eigenvalue weighted by atomic mass is 9.45. The number of hydrogen-bond donors (Lipinski definition) is 4. The fourth-order valence-electron chi connectivity index (χ4n) is 8.15. The van der Waals surface area contributed by atoms with E-state index < -0.39 is 30.1 Å². The quantitative estimate of drug-likeness (QED) is 0.333. The molecule has 0 aromatic heterocycles. The van der Waals surface area contributed by atoms with Crippen molar-refractivity contribution in [2.75, 3.05) is 20.5 Å². The van der Waals surface area contributed by atoms with Crippen LogP contribution in [0.15, 0.2) is 30.3 Å². The molecule has 4 N–H and O–H groups in total. The molecule has 5 aliphatic rings. The number of carbonyl (C=O) groups excluding carboxylic acids is 1. The van der Waals surface area contributed by atoms with Crippen LogP contribution in [-0.4, -0.2) is 77.1 Å². The SMILES string of the molecule is COc1c(CN2O[C@@H](CO)[C@@H]([C@H](C)O)[C@H]2C(=O)N[C@H]2C[C@@H]3C[C@H]([C@@H]2C)C3(C)C)cccc1-c1cc2c(c(C(=O)O)c1)OCO2. The molecule has 0 unspecified atom stereocenters. The summed E-state index contributed by atoms with van der Waals surface area (Å²) >= 11 is 0. The average molecular weight is 611 g/mol. The van der Waals surface area contributed by atoms with Gasteiger partial charge in [-0.1, -0.05) is 39.0 Å². The van der Waals surface area contributed by atoms with Gasteiger partial charge in [-0.05, 0) is 60.6 Å². The number of hydroxylamine groups is 2. The van der Waals surface area contributed by atoms with E-state index in [1.54, 1.807) is 13.0 Å². The molecule has 2 bridgehead atoms. The summed E-state index contributed by atoms with van der Waals surface area (Å²) in [5, 5.41) is 35.6. The first-order valence-electron chi connectivity index (χ1n) is 15.3. The number of carboxylic acid groups (broad SMARTS) is 1. The Morgan fingerprint density at radius 1 is 1.20 bits per heavy atom. The van der Waals surface area contributed by atoms with E-state index in [2.05, 4.69) is 26.1 Å². The lowest BCUT2D eigenvalue weighted by Crippen LogP contribution is -2.62. The van der Waals surface area contributed by atoms with Gasteiger partial charge in [-0.3, -0.25) is 9.63 Å². The summed E-state index contributed by atoms with van der Waals surface area (Å²) in [7, 11) is 1.52. The molecule has 2 aromatic carbocycles. The lowest BCUT2D eigenvalue weighted by molar-refractivity contribution is -0.183.